The molecule has 0 saturated carbocycles. The van der Waals surface area contributed by atoms with Crippen molar-refractivity contribution in [2.24, 2.45) is 0 Å². The number of rotatable bonds is 5. The number of hydrogen-bond acceptors (Lipinski definition) is 3. The molecule has 1 aromatic heterocycles. The van der Waals surface area contributed by atoms with E-state index in [1.165, 1.54) is 18.1 Å². The Morgan fingerprint density at radius 2 is 2.08 bits per heavy atom. The SMILES string of the molecule is CC(=O)N[C@H](CC(=O)N(C)[C@@H]1CCc2ccccc21)c1cccs1. The summed E-state index contributed by atoms with van der Waals surface area (Å²) in [6, 6.07) is 12.1. The quantitative estimate of drug-likeness (QED) is 0.904. The van der Waals surface area contributed by atoms with Gasteiger partial charge in [0, 0.05) is 18.8 Å². The molecule has 2 amide bonds. The van der Waals surface area contributed by atoms with Gasteiger partial charge in [-0.15, -0.1) is 11.3 Å². The zero-order valence-corrected chi connectivity index (χ0v) is 14.8. The number of thiophene rings is 1. The van der Waals surface area contributed by atoms with Crippen LogP contribution in [0.1, 0.15) is 47.9 Å². The molecule has 0 bridgehead atoms. The summed E-state index contributed by atoms with van der Waals surface area (Å²) in [5, 5.41) is 4.87. The molecule has 2 aromatic rings. The second kappa shape index (κ2) is 7.18. The van der Waals surface area contributed by atoms with E-state index in [1.54, 1.807) is 11.3 Å². The Labute approximate surface area is 146 Å². The first kappa shape index (κ1) is 16.7. The maximum absolute atomic E-state index is 12.8. The van der Waals surface area contributed by atoms with E-state index in [4.69, 9.17) is 0 Å². The minimum Gasteiger partial charge on any atom is -0.348 e. The van der Waals surface area contributed by atoms with Crippen molar-refractivity contribution in [2.75, 3.05) is 7.05 Å². The van der Waals surface area contributed by atoms with Crippen LogP contribution in [0.25, 0.3) is 0 Å². The van der Waals surface area contributed by atoms with E-state index in [9.17, 15) is 9.59 Å². The molecule has 3 rings (SSSR count). The van der Waals surface area contributed by atoms with Gasteiger partial charge < -0.3 is 10.2 Å². The topological polar surface area (TPSA) is 49.4 Å². The smallest absolute Gasteiger partial charge is 0.225 e. The van der Waals surface area contributed by atoms with Crippen LogP contribution < -0.4 is 5.32 Å². The molecule has 0 aliphatic heterocycles. The molecule has 1 N–H and O–H groups in total. The summed E-state index contributed by atoms with van der Waals surface area (Å²) >= 11 is 1.56. The van der Waals surface area contributed by atoms with Crippen LogP contribution in [-0.4, -0.2) is 23.8 Å². The summed E-state index contributed by atoms with van der Waals surface area (Å²) < 4.78 is 0. The van der Waals surface area contributed by atoms with Gasteiger partial charge in [0.2, 0.25) is 11.8 Å². The van der Waals surface area contributed by atoms with Crippen LogP contribution in [0.15, 0.2) is 41.8 Å². The molecule has 4 nitrogen and oxygen atoms in total. The lowest BCUT2D eigenvalue weighted by atomic mass is 10.1. The lowest BCUT2D eigenvalue weighted by molar-refractivity contribution is -0.132. The van der Waals surface area contributed by atoms with Crippen LogP contribution in [0.2, 0.25) is 0 Å². The van der Waals surface area contributed by atoms with Gasteiger partial charge in [0.15, 0.2) is 0 Å². The molecule has 0 radical (unpaired) electrons. The van der Waals surface area contributed by atoms with Crippen molar-refractivity contribution in [3.8, 4) is 0 Å². The zero-order chi connectivity index (χ0) is 17.1. The predicted octanol–water partition coefficient (Wildman–Crippen LogP) is 3.46. The van der Waals surface area contributed by atoms with Gasteiger partial charge in [-0.1, -0.05) is 30.3 Å². The third-order valence-corrected chi connectivity index (χ3v) is 5.59. The van der Waals surface area contributed by atoms with Crippen molar-refractivity contribution < 1.29 is 9.59 Å². The number of benzene rings is 1. The Hall–Kier alpha value is -2.14. The number of amides is 2. The molecule has 1 aromatic carbocycles. The number of carbonyl (C=O) groups excluding carboxylic acids is 2. The van der Waals surface area contributed by atoms with Gasteiger partial charge in [0.05, 0.1) is 18.5 Å². The number of aryl methyl sites for hydroxylation is 1. The lowest BCUT2D eigenvalue weighted by Gasteiger charge is -2.27. The van der Waals surface area contributed by atoms with Crippen LogP contribution in [-0.2, 0) is 16.0 Å². The van der Waals surface area contributed by atoms with Gasteiger partial charge in [-0.05, 0) is 35.4 Å². The van der Waals surface area contributed by atoms with E-state index in [1.807, 2.05) is 41.6 Å². The first-order valence-electron chi connectivity index (χ1n) is 8.20. The van der Waals surface area contributed by atoms with E-state index in [2.05, 4.69) is 17.4 Å². The van der Waals surface area contributed by atoms with Crippen LogP contribution in [0.3, 0.4) is 0 Å². The van der Waals surface area contributed by atoms with Crippen molar-refractivity contribution in [3.05, 3.63) is 57.8 Å². The van der Waals surface area contributed by atoms with Crippen LogP contribution in [0, 0.1) is 0 Å². The molecule has 24 heavy (non-hydrogen) atoms. The summed E-state index contributed by atoms with van der Waals surface area (Å²) in [5.74, 6) is -0.0566. The van der Waals surface area contributed by atoms with Crippen molar-refractivity contribution >= 4 is 23.2 Å². The highest BCUT2D eigenvalue weighted by Gasteiger charge is 2.29. The first-order valence-corrected chi connectivity index (χ1v) is 9.08. The number of nitrogens with one attached hydrogen (secondary N) is 1. The van der Waals surface area contributed by atoms with Crippen LogP contribution >= 0.6 is 11.3 Å². The van der Waals surface area contributed by atoms with E-state index in [0.29, 0.717) is 0 Å². The second-order valence-electron chi connectivity index (χ2n) is 6.23. The fraction of sp³-hybridized carbons (Fsp3) is 0.368. The van der Waals surface area contributed by atoms with Gasteiger partial charge in [-0.3, -0.25) is 9.59 Å². The van der Waals surface area contributed by atoms with Gasteiger partial charge in [0.1, 0.15) is 0 Å². The molecule has 0 saturated heterocycles. The molecule has 5 heteroatoms. The summed E-state index contributed by atoms with van der Waals surface area (Å²) in [5.41, 5.74) is 2.58. The molecule has 0 unspecified atom stereocenters. The fourth-order valence-corrected chi connectivity index (χ4v) is 4.16. The van der Waals surface area contributed by atoms with Gasteiger partial charge in [-0.25, -0.2) is 0 Å². The number of hydrogen-bond donors (Lipinski definition) is 1. The van der Waals surface area contributed by atoms with Crippen molar-refractivity contribution in [3.63, 3.8) is 0 Å². The molecule has 1 aliphatic carbocycles. The highest BCUT2D eigenvalue weighted by atomic mass is 32.1. The van der Waals surface area contributed by atoms with Crippen molar-refractivity contribution in [1.82, 2.24) is 10.2 Å². The third kappa shape index (κ3) is 3.51. The van der Waals surface area contributed by atoms with E-state index in [0.717, 1.165) is 17.7 Å². The Kier molecular flexibility index (Phi) is 5.00. The Balaban J connectivity index is 1.72. The molecular formula is C19H22N2O2S. The maximum atomic E-state index is 12.8. The Bertz CT molecular complexity index is 727. The molecule has 2 atom stereocenters. The van der Waals surface area contributed by atoms with Gasteiger partial charge >= 0.3 is 0 Å². The zero-order valence-electron chi connectivity index (χ0n) is 14.0. The van der Waals surface area contributed by atoms with Crippen molar-refractivity contribution in [2.45, 2.75) is 38.3 Å². The van der Waals surface area contributed by atoms with Crippen LogP contribution in [0.4, 0.5) is 0 Å². The first-order chi connectivity index (χ1) is 11.6. The average molecular weight is 342 g/mol. The Morgan fingerprint density at radius 3 is 2.79 bits per heavy atom. The maximum Gasteiger partial charge on any atom is 0.225 e. The Morgan fingerprint density at radius 1 is 1.29 bits per heavy atom. The largest absolute Gasteiger partial charge is 0.348 e. The second-order valence-corrected chi connectivity index (χ2v) is 7.21. The highest BCUT2D eigenvalue weighted by Crippen LogP contribution is 2.35. The number of nitrogens with zero attached hydrogens (tertiary/aromatic N) is 1. The summed E-state index contributed by atoms with van der Waals surface area (Å²) in [4.78, 5) is 27.1. The number of carbonyl (C=O) groups is 2. The molecule has 126 valence electrons. The summed E-state index contributed by atoms with van der Waals surface area (Å²) in [6.45, 7) is 1.49. The van der Waals surface area contributed by atoms with Crippen molar-refractivity contribution in [1.29, 1.82) is 0 Å². The number of fused-ring (bicyclic) bond motifs is 1. The average Bonchev–Trinajstić information content (AvgIpc) is 3.22. The van der Waals surface area contributed by atoms with Gasteiger partial charge in [0.25, 0.3) is 0 Å². The minimum absolute atomic E-state index is 0.0591. The highest BCUT2D eigenvalue weighted by molar-refractivity contribution is 7.10. The minimum atomic E-state index is -0.255. The summed E-state index contributed by atoms with van der Waals surface area (Å²) in [6.07, 6.45) is 2.26. The molecule has 1 heterocycles. The normalized spacial score (nSPS) is 17.2. The van der Waals surface area contributed by atoms with E-state index >= 15 is 0 Å². The standard InChI is InChI=1S/C19H22N2O2S/c1-13(22)20-16(18-8-5-11-24-18)12-19(23)21(2)17-10-9-14-6-3-4-7-15(14)17/h3-8,11,16-17H,9-10,12H2,1-2H3,(H,20,22)/t16-,17-/m1/s1. The molecule has 0 spiro atoms. The molecule has 1 aliphatic rings. The monoisotopic (exact) mass is 342 g/mol. The predicted molar refractivity (Wildman–Crippen MR) is 95.8 cm³/mol. The third-order valence-electron chi connectivity index (χ3n) is 4.60. The molecule has 0 fully saturated rings. The lowest BCUT2D eigenvalue weighted by Crippen LogP contribution is -2.35. The van der Waals surface area contributed by atoms with Gasteiger partial charge in [-0.2, -0.15) is 0 Å². The summed E-state index contributed by atoms with van der Waals surface area (Å²) in [7, 11) is 1.87. The fourth-order valence-electron chi connectivity index (χ4n) is 3.39. The molecular weight excluding hydrogens is 320 g/mol. The van der Waals surface area contributed by atoms with Crippen LogP contribution in [0.5, 0.6) is 0 Å². The van der Waals surface area contributed by atoms with E-state index < -0.39 is 0 Å². The van der Waals surface area contributed by atoms with E-state index in [-0.39, 0.29) is 30.3 Å².